The maximum atomic E-state index is 13.8. The van der Waals surface area contributed by atoms with Gasteiger partial charge in [0.05, 0.1) is 0 Å². The number of nitrogens with one attached hydrogen (secondary N) is 1. The molecule has 2 aromatic rings. The van der Waals surface area contributed by atoms with Gasteiger partial charge in [-0.25, -0.2) is 9.18 Å². The zero-order chi connectivity index (χ0) is 17.3. The first-order valence-corrected chi connectivity index (χ1v) is 8.70. The molecule has 4 nitrogen and oxygen atoms in total. The van der Waals surface area contributed by atoms with Gasteiger partial charge in [-0.15, -0.1) is 0 Å². The SMILES string of the molecule is O=C(Nc1ccccc1)N1CCC2(CN(Cc3ccccc3F)C2)C1. The van der Waals surface area contributed by atoms with E-state index < -0.39 is 0 Å². The van der Waals surface area contributed by atoms with E-state index in [1.165, 1.54) is 6.07 Å². The van der Waals surface area contributed by atoms with Crippen molar-refractivity contribution in [3.63, 3.8) is 0 Å². The average molecular weight is 339 g/mol. The molecule has 0 radical (unpaired) electrons. The fourth-order valence-electron chi connectivity index (χ4n) is 3.97. The number of rotatable bonds is 3. The predicted octanol–water partition coefficient (Wildman–Crippen LogP) is 3.57. The van der Waals surface area contributed by atoms with Gasteiger partial charge in [0, 0.05) is 49.4 Å². The second-order valence-corrected chi connectivity index (χ2v) is 7.20. The molecule has 2 heterocycles. The van der Waals surface area contributed by atoms with Crippen LogP contribution in [0, 0.1) is 11.2 Å². The molecule has 2 aromatic carbocycles. The highest BCUT2D eigenvalue weighted by atomic mass is 19.1. The van der Waals surface area contributed by atoms with Crippen LogP contribution in [0.15, 0.2) is 54.6 Å². The first-order valence-electron chi connectivity index (χ1n) is 8.70. The second-order valence-electron chi connectivity index (χ2n) is 7.20. The fourth-order valence-corrected chi connectivity index (χ4v) is 3.97. The van der Waals surface area contributed by atoms with Crippen molar-refractivity contribution >= 4 is 11.7 Å². The van der Waals surface area contributed by atoms with Crippen LogP contribution in [-0.2, 0) is 6.54 Å². The summed E-state index contributed by atoms with van der Waals surface area (Å²) < 4.78 is 13.8. The standard InChI is InChI=1S/C20H22FN3O/c21-18-9-5-4-6-16(18)12-23-13-20(14-23)10-11-24(15-20)19(25)22-17-7-2-1-3-8-17/h1-9H,10-15H2,(H,22,25). The summed E-state index contributed by atoms with van der Waals surface area (Å²) in [7, 11) is 0. The van der Waals surface area contributed by atoms with Gasteiger partial charge in [0.25, 0.3) is 0 Å². The molecule has 0 aromatic heterocycles. The average Bonchev–Trinajstić information content (AvgIpc) is 3.03. The van der Waals surface area contributed by atoms with E-state index in [-0.39, 0.29) is 17.3 Å². The number of carbonyl (C=O) groups excluding carboxylic acids is 1. The van der Waals surface area contributed by atoms with Crippen molar-refractivity contribution in [2.24, 2.45) is 5.41 Å². The van der Waals surface area contributed by atoms with E-state index in [2.05, 4.69) is 10.2 Å². The molecule has 0 aliphatic carbocycles. The number of anilines is 1. The lowest BCUT2D eigenvalue weighted by atomic mass is 9.79. The van der Waals surface area contributed by atoms with Crippen LogP contribution in [0.4, 0.5) is 14.9 Å². The fraction of sp³-hybridized carbons (Fsp3) is 0.350. The minimum atomic E-state index is -0.140. The van der Waals surface area contributed by atoms with Gasteiger partial charge >= 0.3 is 6.03 Å². The molecule has 130 valence electrons. The Hall–Kier alpha value is -2.40. The van der Waals surface area contributed by atoms with Gasteiger partial charge < -0.3 is 10.2 Å². The van der Waals surface area contributed by atoms with Gasteiger partial charge in [-0.3, -0.25) is 4.90 Å². The van der Waals surface area contributed by atoms with Gasteiger partial charge in [0.15, 0.2) is 0 Å². The Morgan fingerprint density at radius 2 is 1.76 bits per heavy atom. The quantitative estimate of drug-likeness (QED) is 0.928. The van der Waals surface area contributed by atoms with Crippen molar-refractivity contribution in [1.29, 1.82) is 0 Å². The highest BCUT2D eigenvalue weighted by Crippen LogP contribution is 2.40. The summed E-state index contributed by atoms with van der Waals surface area (Å²) in [6.07, 6.45) is 1.02. The number of likely N-dealkylation sites (tertiary alicyclic amines) is 2. The maximum Gasteiger partial charge on any atom is 0.321 e. The molecule has 5 heteroatoms. The molecule has 0 saturated carbocycles. The molecule has 25 heavy (non-hydrogen) atoms. The van der Waals surface area contributed by atoms with Crippen LogP contribution in [0.1, 0.15) is 12.0 Å². The van der Waals surface area contributed by atoms with Crippen LogP contribution in [-0.4, -0.2) is 42.0 Å². The van der Waals surface area contributed by atoms with Crippen molar-refractivity contribution in [2.75, 3.05) is 31.5 Å². The zero-order valence-electron chi connectivity index (χ0n) is 14.1. The van der Waals surface area contributed by atoms with Crippen LogP contribution in [0.3, 0.4) is 0 Å². The molecule has 0 unspecified atom stereocenters. The van der Waals surface area contributed by atoms with Crippen LogP contribution in [0.5, 0.6) is 0 Å². The molecule has 1 N–H and O–H groups in total. The molecule has 2 aliphatic heterocycles. The predicted molar refractivity (Wildman–Crippen MR) is 95.8 cm³/mol. The van der Waals surface area contributed by atoms with Crippen molar-refractivity contribution in [3.8, 4) is 0 Å². The molecule has 2 amide bonds. The largest absolute Gasteiger partial charge is 0.324 e. The smallest absolute Gasteiger partial charge is 0.321 e. The van der Waals surface area contributed by atoms with Crippen molar-refractivity contribution in [1.82, 2.24) is 9.80 Å². The minimum absolute atomic E-state index is 0.0318. The number of amides is 2. The third-order valence-electron chi connectivity index (χ3n) is 5.22. The molecular weight excluding hydrogens is 317 g/mol. The van der Waals surface area contributed by atoms with E-state index in [0.717, 1.165) is 43.9 Å². The van der Waals surface area contributed by atoms with E-state index in [1.807, 2.05) is 47.4 Å². The third-order valence-corrected chi connectivity index (χ3v) is 5.22. The normalized spacial score (nSPS) is 19.0. The molecule has 0 atom stereocenters. The lowest BCUT2D eigenvalue weighted by Crippen LogP contribution is -2.57. The summed E-state index contributed by atoms with van der Waals surface area (Å²) in [5, 5.41) is 2.95. The number of halogens is 1. The molecule has 2 fully saturated rings. The van der Waals surface area contributed by atoms with Gasteiger partial charge in [-0.1, -0.05) is 36.4 Å². The van der Waals surface area contributed by atoms with Gasteiger partial charge in [-0.05, 0) is 24.6 Å². The highest BCUT2D eigenvalue weighted by molar-refractivity contribution is 5.89. The van der Waals surface area contributed by atoms with E-state index in [0.29, 0.717) is 6.54 Å². The number of nitrogens with zero attached hydrogens (tertiary/aromatic N) is 2. The molecule has 4 rings (SSSR count). The Labute approximate surface area is 147 Å². The van der Waals surface area contributed by atoms with Crippen LogP contribution < -0.4 is 5.32 Å². The summed E-state index contributed by atoms with van der Waals surface area (Å²) in [6.45, 7) is 4.06. The number of para-hydroxylation sites is 1. The first kappa shape index (κ1) is 16.1. The summed E-state index contributed by atoms with van der Waals surface area (Å²) in [6, 6.07) is 16.4. The minimum Gasteiger partial charge on any atom is -0.324 e. The van der Waals surface area contributed by atoms with Gasteiger partial charge in [0.1, 0.15) is 5.82 Å². The Kier molecular flexibility index (Phi) is 4.17. The molecule has 2 aliphatic rings. The Balaban J connectivity index is 1.30. The zero-order valence-corrected chi connectivity index (χ0v) is 14.1. The topological polar surface area (TPSA) is 35.6 Å². The Bertz CT molecular complexity index is 759. The van der Waals surface area contributed by atoms with E-state index in [4.69, 9.17) is 0 Å². The van der Waals surface area contributed by atoms with Gasteiger partial charge in [-0.2, -0.15) is 0 Å². The van der Waals surface area contributed by atoms with Crippen molar-refractivity contribution < 1.29 is 9.18 Å². The summed E-state index contributed by atoms with van der Waals surface area (Å²) in [4.78, 5) is 16.6. The van der Waals surface area contributed by atoms with Crippen LogP contribution in [0.25, 0.3) is 0 Å². The summed E-state index contributed by atoms with van der Waals surface area (Å²) in [5.74, 6) is -0.140. The number of hydrogen-bond donors (Lipinski definition) is 1. The second kappa shape index (κ2) is 6.48. The van der Waals surface area contributed by atoms with Crippen LogP contribution in [0.2, 0.25) is 0 Å². The van der Waals surface area contributed by atoms with E-state index in [1.54, 1.807) is 6.07 Å². The first-order chi connectivity index (χ1) is 12.1. The number of benzene rings is 2. The third kappa shape index (κ3) is 3.37. The number of carbonyl (C=O) groups is 1. The van der Waals surface area contributed by atoms with Gasteiger partial charge in [0.2, 0.25) is 0 Å². The molecular formula is C20H22FN3O. The lowest BCUT2D eigenvalue weighted by Gasteiger charge is -2.48. The number of hydrogen-bond acceptors (Lipinski definition) is 2. The number of urea groups is 1. The van der Waals surface area contributed by atoms with E-state index in [9.17, 15) is 9.18 Å². The summed E-state index contributed by atoms with van der Waals surface area (Å²) in [5.41, 5.74) is 1.75. The van der Waals surface area contributed by atoms with Crippen molar-refractivity contribution in [3.05, 3.63) is 66.0 Å². The van der Waals surface area contributed by atoms with Crippen molar-refractivity contribution in [2.45, 2.75) is 13.0 Å². The molecule has 2 saturated heterocycles. The molecule has 0 bridgehead atoms. The lowest BCUT2D eigenvalue weighted by molar-refractivity contribution is 0.00413. The molecule has 1 spiro atoms. The van der Waals surface area contributed by atoms with E-state index >= 15 is 0 Å². The Morgan fingerprint density at radius 3 is 2.52 bits per heavy atom. The summed E-state index contributed by atoms with van der Waals surface area (Å²) >= 11 is 0. The maximum absolute atomic E-state index is 13.8. The monoisotopic (exact) mass is 339 g/mol. The van der Waals surface area contributed by atoms with Crippen LogP contribution >= 0.6 is 0 Å². The Morgan fingerprint density at radius 1 is 1.04 bits per heavy atom. The highest BCUT2D eigenvalue weighted by Gasteiger charge is 2.48.